The van der Waals surface area contributed by atoms with Gasteiger partial charge in [-0.05, 0) is 55.2 Å². The molecule has 1 aliphatic carbocycles. The Labute approximate surface area is 203 Å². The molecule has 2 amide bonds. The van der Waals surface area contributed by atoms with Crippen molar-refractivity contribution in [3.05, 3.63) is 60.2 Å². The average Bonchev–Trinajstić information content (AvgIpc) is 2.83. The molecule has 0 unspecified atom stereocenters. The molecule has 1 aromatic heterocycles. The molecule has 1 heterocycles. The van der Waals surface area contributed by atoms with Gasteiger partial charge in [0.05, 0.1) is 5.52 Å². The van der Waals surface area contributed by atoms with Gasteiger partial charge < -0.3 is 20.9 Å². The number of hydrogen-bond acceptors (Lipinski definition) is 4. The molecule has 180 valence electrons. The lowest BCUT2D eigenvalue weighted by Crippen LogP contribution is -2.36. The zero-order chi connectivity index (χ0) is 24.1. The SMILES string of the molecule is CC(C)c1ccccc1NC(=O)NC[C@H]1CC[C@@H](Nc2cc(N(C)C)c3ccccc3n2)CC1. The molecule has 0 atom stereocenters. The maximum atomic E-state index is 12.5. The maximum absolute atomic E-state index is 12.5. The van der Waals surface area contributed by atoms with E-state index in [0.29, 0.717) is 24.4 Å². The first-order valence-electron chi connectivity index (χ1n) is 12.4. The Balaban J connectivity index is 1.28. The normalized spacial score (nSPS) is 18.0. The molecule has 0 radical (unpaired) electrons. The summed E-state index contributed by atoms with van der Waals surface area (Å²) in [6, 6.07) is 18.7. The van der Waals surface area contributed by atoms with Gasteiger partial charge in [-0.2, -0.15) is 0 Å². The Morgan fingerprint density at radius 2 is 1.74 bits per heavy atom. The number of para-hydroxylation sites is 2. The number of carbonyl (C=O) groups is 1. The minimum absolute atomic E-state index is 0.120. The fourth-order valence-corrected chi connectivity index (χ4v) is 4.84. The number of nitrogens with zero attached hydrogens (tertiary/aromatic N) is 2. The van der Waals surface area contributed by atoms with Gasteiger partial charge in [-0.15, -0.1) is 0 Å². The first-order valence-corrected chi connectivity index (χ1v) is 12.4. The van der Waals surface area contributed by atoms with Gasteiger partial charge in [-0.25, -0.2) is 9.78 Å². The van der Waals surface area contributed by atoms with Crippen molar-refractivity contribution < 1.29 is 4.79 Å². The largest absolute Gasteiger partial charge is 0.377 e. The third kappa shape index (κ3) is 5.79. The second-order valence-electron chi connectivity index (χ2n) is 9.88. The zero-order valence-corrected chi connectivity index (χ0v) is 20.8. The van der Waals surface area contributed by atoms with Crippen LogP contribution in [0.25, 0.3) is 10.9 Å². The second kappa shape index (κ2) is 10.8. The van der Waals surface area contributed by atoms with E-state index in [-0.39, 0.29) is 6.03 Å². The molecule has 3 N–H and O–H groups in total. The van der Waals surface area contributed by atoms with Gasteiger partial charge in [-0.1, -0.05) is 50.2 Å². The summed E-state index contributed by atoms with van der Waals surface area (Å²) >= 11 is 0. The van der Waals surface area contributed by atoms with E-state index >= 15 is 0 Å². The van der Waals surface area contributed by atoms with Gasteiger partial charge >= 0.3 is 6.03 Å². The number of benzene rings is 2. The van der Waals surface area contributed by atoms with Crippen LogP contribution in [0, 0.1) is 5.92 Å². The molecule has 4 rings (SSSR count). The van der Waals surface area contributed by atoms with Gasteiger partial charge in [-0.3, -0.25) is 0 Å². The monoisotopic (exact) mass is 459 g/mol. The molecule has 0 spiro atoms. The van der Waals surface area contributed by atoms with Crippen LogP contribution < -0.4 is 20.9 Å². The van der Waals surface area contributed by atoms with Gasteiger partial charge in [0.1, 0.15) is 5.82 Å². The zero-order valence-electron chi connectivity index (χ0n) is 20.8. The van der Waals surface area contributed by atoms with E-state index in [1.165, 1.54) is 11.1 Å². The van der Waals surface area contributed by atoms with Crippen molar-refractivity contribution in [2.24, 2.45) is 5.92 Å². The summed E-state index contributed by atoms with van der Waals surface area (Å²) in [7, 11) is 4.14. The summed E-state index contributed by atoms with van der Waals surface area (Å²) in [5.74, 6) is 1.81. The molecule has 3 aromatic rings. The predicted molar refractivity (Wildman–Crippen MR) is 143 cm³/mol. The molecule has 1 aliphatic rings. The quantitative estimate of drug-likeness (QED) is 0.392. The van der Waals surface area contributed by atoms with Crippen LogP contribution in [0.5, 0.6) is 0 Å². The molecular formula is C28H37N5O. The second-order valence-corrected chi connectivity index (χ2v) is 9.88. The molecule has 34 heavy (non-hydrogen) atoms. The summed E-state index contributed by atoms with van der Waals surface area (Å²) in [6.45, 7) is 4.99. The number of nitrogens with one attached hydrogen (secondary N) is 3. The first kappa shape index (κ1) is 23.9. The van der Waals surface area contributed by atoms with E-state index in [9.17, 15) is 4.79 Å². The molecule has 0 aliphatic heterocycles. The Hall–Kier alpha value is -3.28. The van der Waals surface area contributed by atoms with Crippen LogP contribution in [-0.2, 0) is 0 Å². The summed E-state index contributed by atoms with van der Waals surface area (Å²) in [6.07, 6.45) is 4.34. The molecule has 0 saturated heterocycles. The molecule has 2 aromatic carbocycles. The topological polar surface area (TPSA) is 69.3 Å². The molecular weight excluding hydrogens is 422 g/mol. The number of fused-ring (bicyclic) bond motifs is 1. The number of pyridine rings is 1. The van der Waals surface area contributed by atoms with Crippen LogP contribution in [0.1, 0.15) is 51.0 Å². The summed E-state index contributed by atoms with van der Waals surface area (Å²) in [5.41, 5.74) is 4.24. The first-order chi connectivity index (χ1) is 16.4. The van der Waals surface area contributed by atoms with Crippen molar-refractivity contribution in [1.29, 1.82) is 0 Å². The van der Waals surface area contributed by atoms with E-state index in [2.05, 4.69) is 79.1 Å². The van der Waals surface area contributed by atoms with Crippen molar-refractivity contribution in [3.63, 3.8) is 0 Å². The number of urea groups is 1. The van der Waals surface area contributed by atoms with Crippen molar-refractivity contribution >= 4 is 34.1 Å². The van der Waals surface area contributed by atoms with Crippen LogP contribution in [0.3, 0.4) is 0 Å². The van der Waals surface area contributed by atoms with Crippen LogP contribution in [0.2, 0.25) is 0 Å². The lowest BCUT2D eigenvalue weighted by molar-refractivity contribution is 0.246. The number of amides is 2. The van der Waals surface area contributed by atoms with Crippen LogP contribution >= 0.6 is 0 Å². The summed E-state index contributed by atoms with van der Waals surface area (Å²) in [5, 5.41) is 10.9. The third-order valence-electron chi connectivity index (χ3n) is 6.76. The van der Waals surface area contributed by atoms with Crippen LogP contribution in [0.15, 0.2) is 54.6 Å². The van der Waals surface area contributed by atoms with E-state index in [0.717, 1.165) is 48.3 Å². The highest BCUT2D eigenvalue weighted by Crippen LogP contribution is 2.30. The van der Waals surface area contributed by atoms with Crippen molar-refractivity contribution in [1.82, 2.24) is 10.3 Å². The number of aromatic nitrogens is 1. The number of carbonyl (C=O) groups excluding carboxylic acids is 1. The van der Waals surface area contributed by atoms with E-state index in [4.69, 9.17) is 4.98 Å². The van der Waals surface area contributed by atoms with E-state index in [1.54, 1.807) is 0 Å². The van der Waals surface area contributed by atoms with Gasteiger partial charge in [0.15, 0.2) is 0 Å². The van der Waals surface area contributed by atoms with Crippen molar-refractivity contribution in [2.75, 3.05) is 36.2 Å². The van der Waals surface area contributed by atoms with Gasteiger partial charge in [0.25, 0.3) is 0 Å². The van der Waals surface area contributed by atoms with Crippen LogP contribution in [0.4, 0.5) is 22.0 Å². The van der Waals surface area contributed by atoms with E-state index < -0.39 is 0 Å². The van der Waals surface area contributed by atoms with Crippen molar-refractivity contribution in [2.45, 2.75) is 51.5 Å². The minimum atomic E-state index is -0.120. The Morgan fingerprint density at radius 3 is 2.47 bits per heavy atom. The number of hydrogen-bond donors (Lipinski definition) is 3. The smallest absolute Gasteiger partial charge is 0.319 e. The molecule has 1 fully saturated rings. The van der Waals surface area contributed by atoms with Gasteiger partial charge in [0, 0.05) is 49.5 Å². The highest BCUT2D eigenvalue weighted by Gasteiger charge is 2.22. The molecule has 0 bridgehead atoms. The number of rotatable bonds is 7. The molecule has 1 saturated carbocycles. The van der Waals surface area contributed by atoms with Gasteiger partial charge in [0.2, 0.25) is 0 Å². The van der Waals surface area contributed by atoms with Crippen molar-refractivity contribution in [3.8, 4) is 0 Å². The lowest BCUT2D eigenvalue weighted by atomic mass is 9.86. The summed E-state index contributed by atoms with van der Waals surface area (Å²) in [4.78, 5) is 19.5. The summed E-state index contributed by atoms with van der Waals surface area (Å²) < 4.78 is 0. The maximum Gasteiger partial charge on any atom is 0.319 e. The Bertz CT molecular complexity index is 1120. The fourth-order valence-electron chi connectivity index (χ4n) is 4.84. The lowest BCUT2D eigenvalue weighted by Gasteiger charge is -2.30. The molecule has 6 heteroatoms. The predicted octanol–water partition coefficient (Wildman–Crippen LogP) is 6.22. The fraction of sp³-hybridized carbons (Fsp3) is 0.429. The molecule has 6 nitrogen and oxygen atoms in total. The third-order valence-corrected chi connectivity index (χ3v) is 6.76. The Morgan fingerprint density at radius 1 is 1.03 bits per heavy atom. The standard InChI is InChI=1S/C28H37N5O/c1-19(2)22-9-5-7-11-24(22)32-28(34)29-18-20-13-15-21(16-14-20)30-27-17-26(33(3)4)23-10-6-8-12-25(23)31-27/h5-12,17,19-21H,13-16,18H2,1-4H3,(H,30,31)(H2,29,32,34)/t20-,21+. The highest BCUT2D eigenvalue weighted by molar-refractivity contribution is 5.93. The number of anilines is 3. The minimum Gasteiger partial charge on any atom is -0.377 e. The Kier molecular flexibility index (Phi) is 7.56. The van der Waals surface area contributed by atoms with E-state index in [1.807, 2.05) is 24.3 Å². The van der Waals surface area contributed by atoms with Crippen LogP contribution in [-0.4, -0.2) is 37.7 Å². The highest BCUT2D eigenvalue weighted by atomic mass is 16.2. The average molecular weight is 460 g/mol.